The Hall–Kier alpha value is -1.47. The van der Waals surface area contributed by atoms with E-state index in [1.165, 1.54) is 18.2 Å². The van der Waals surface area contributed by atoms with Gasteiger partial charge >= 0.3 is 6.18 Å². The zero-order valence-electron chi connectivity index (χ0n) is 13.9. The highest BCUT2D eigenvalue weighted by Crippen LogP contribution is 2.36. The van der Waals surface area contributed by atoms with E-state index in [1.54, 1.807) is 11.9 Å². The Morgan fingerprint density at radius 3 is 2.44 bits per heavy atom. The molecule has 140 valence electrons. The van der Waals surface area contributed by atoms with Crippen LogP contribution in [0.3, 0.4) is 0 Å². The van der Waals surface area contributed by atoms with E-state index >= 15 is 0 Å². The number of rotatable bonds is 4. The molecule has 1 amide bonds. The average molecular weight is 379 g/mol. The van der Waals surface area contributed by atoms with Gasteiger partial charge in [0.05, 0.1) is 5.56 Å². The lowest BCUT2D eigenvalue weighted by atomic mass is 9.98. The van der Waals surface area contributed by atoms with Crippen molar-refractivity contribution in [2.24, 2.45) is 0 Å². The van der Waals surface area contributed by atoms with Crippen LogP contribution in [0, 0.1) is 0 Å². The van der Waals surface area contributed by atoms with E-state index in [1.807, 2.05) is 0 Å². The van der Waals surface area contributed by atoms with Crippen LogP contribution in [-0.2, 0) is 11.0 Å². The number of nitrogens with one attached hydrogen (secondary N) is 1. The second-order valence-corrected chi connectivity index (χ2v) is 6.55. The summed E-state index contributed by atoms with van der Waals surface area (Å²) in [6.45, 7) is -0.386. The first kappa shape index (κ1) is 19.8. The van der Waals surface area contributed by atoms with Crippen LogP contribution in [0.2, 0.25) is 0 Å². The van der Waals surface area contributed by atoms with Crippen LogP contribution >= 0.6 is 12.4 Å². The summed E-state index contributed by atoms with van der Waals surface area (Å²) < 4.78 is 44.0. The summed E-state index contributed by atoms with van der Waals surface area (Å²) in [6.07, 6.45) is -0.479. The first-order valence-corrected chi connectivity index (χ1v) is 8.15. The number of nitrogens with zero attached hydrogens (tertiary/aromatic N) is 1. The van der Waals surface area contributed by atoms with Crippen molar-refractivity contribution < 1.29 is 22.7 Å². The van der Waals surface area contributed by atoms with Crippen molar-refractivity contribution in [3.8, 4) is 5.75 Å². The first-order valence-electron chi connectivity index (χ1n) is 8.15. The summed E-state index contributed by atoms with van der Waals surface area (Å²) in [5.41, 5.74) is -0.861. The fourth-order valence-corrected chi connectivity index (χ4v) is 3.62. The molecular weight excluding hydrogens is 357 g/mol. The van der Waals surface area contributed by atoms with Gasteiger partial charge < -0.3 is 15.0 Å². The minimum atomic E-state index is -4.50. The third-order valence-corrected chi connectivity index (χ3v) is 4.93. The third kappa shape index (κ3) is 4.58. The lowest BCUT2D eigenvalue weighted by molar-refractivity contribution is -0.141. The highest BCUT2D eigenvalue weighted by atomic mass is 35.5. The van der Waals surface area contributed by atoms with E-state index in [0.29, 0.717) is 12.1 Å². The van der Waals surface area contributed by atoms with Gasteiger partial charge in [0.1, 0.15) is 5.75 Å². The van der Waals surface area contributed by atoms with Crippen LogP contribution in [0.1, 0.15) is 31.2 Å². The van der Waals surface area contributed by atoms with Gasteiger partial charge in [0.25, 0.3) is 5.91 Å². The zero-order chi connectivity index (χ0) is 17.3. The van der Waals surface area contributed by atoms with E-state index < -0.39 is 11.7 Å². The van der Waals surface area contributed by atoms with Gasteiger partial charge in [-0.15, -0.1) is 12.4 Å². The molecule has 25 heavy (non-hydrogen) atoms. The monoisotopic (exact) mass is 378 g/mol. The van der Waals surface area contributed by atoms with Crippen molar-refractivity contribution in [1.29, 1.82) is 0 Å². The van der Waals surface area contributed by atoms with Crippen LogP contribution in [0.5, 0.6) is 5.75 Å². The summed E-state index contributed by atoms with van der Waals surface area (Å²) in [5, 5.41) is 3.50. The van der Waals surface area contributed by atoms with Gasteiger partial charge in [0.15, 0.2) is 6.61 Å². The molecule has 2 unspecified atom stereocenters. The average Bonchev–Trinajstić information content (AvgIpc) is 2.89. The highest BCUT2D eigenvalue weighted by molar-refractivity contribution is 5.85. The maximum Gasteiger partial charge on any atom is 0.419 e. The van der Waals surface area contributed by atoms with Gasteiger partial charge in [0.2, 0.25) is 0 Å². The topological polar surface area (TPSA) is 41.6 Å². The SMILES string of the molecule is CN(C(=O)COc1ccccc1C(F)(F)F)C1CC2CCC(C1)N2.Cl. The Morgan fingerprint density at radius 2 is 1.84 bits per heavy atom. The number of piperidine rings is 1. The number of carbonyl (C=O) groups is 1. The van der Waals surface area contributed by atoms with Gasteiger partial charge in [-0.05, 0) is 37.8 Å². The maximum absolute atomic E-state index is 12.9. The molecule has 8 heteroatoms. The minimum absolute atomic E-state index is 0. The Morgan fingerprint density at radius 1 is 1.24 bits per heavy atom. The molecule has 2 aliphatic rings. The molecule has 0 aromatic heterocycles. The minimum Gasteiger partial charge on any atom is -0.483 e. The maximum atomic E-state index is 12.9. The predicted octanol–water partition coefficient (Wildman–Crippen LogP) is 3.25. The number of carbonyl (C=O) groups excluding carboxylic acids is 1. The molecule has 3 rings (SSSR count). The predicted molar refractivity (Wildman–Crippen MR) is 89.9 cm³/mol. The fourth-order valence-electron chi connectivity index (χ4n) is 3.62. The largest absolute Gasteiger partial charge is 0.483 e. The molecule has 0 spiro atoms. The number of fused-ring (bicyclic) bond motifs is 2. The standard InChI is InChI=1S/C17H21F3N2O2.ClH/c1-22(13-8-11-6-7-12(9-13)21-11)16(23)10-24-15-5-3-2-4-14(15)17(18,19)20;/h2-5,11-13,21H,6-10H2,1H3;1H. The Balaban J connectivity index is 0.00000225. The number of alkyl halides is 3. The number of hydrogen-bond donors (Lipinski definition) is 1. The van der Waals surface area contributed by atoms with Crippen molar-refractivity contribution in [2.75, 3.05) is 13.7 Å². The Kier molecular flexibility index (Phi) is 6.21. The summed E-state index contributed by atoms with van der Waals surface area (Å²) in [6, 6.07) is 5.96. The smallest absolute Gasteiger partial charge is 0.419 e. The molecule has 2 aliphatic heterocycles. The van der Waals surface area contributed by atoms with Crippen LogP contribution in [0.15, 0.2) is 24.3 Å². The second kappa shape index (κ2) is 7.83. The van der Waals surface area contributed by atoms with E-state index in [2.05, 4.69) is 5.32 Å². The molecule has 0 radical (unpaired) electrons. The Labute approximate surface area is 151 Å². The quantitative estimate of drug-likeness (QED) is 0.874. The number of para-hydroxylation sites is 1. The van der Waals surface area contributed by atoms with E-state index in [9.17, 15) is 18.0 Å². The second-order valence-electron chi connectivity index (χ2n) is 6.55. The molecule has 2 fully saturated rings. The van der Waals surface area contributed by atoms with Crippen molar-refractivity contribution in [1.82, 2.24) is 10.2 Å². The lowest BCUT2D eigenvalue weighted by Gasteiger charge is -2.35. The molecule has 0 aliphatic carbocycles. The van der Waals surface area contributed by atoms with Crippen molar-refractivity contribution in [3.63, 3.8) is 0 Å². The van der Waals surface area contributed by atoms with Crippen molar-refractivity contribution in [3.05, 3.63) is 29.8 Å². The molecule has 2 bridgehead atoms. The van der Waals surface area contributed by atoms with Crippen molar-refractivity contribution in [2.45, 2.75) is 50.0 Å². The van der Waals surface area contributed by atoms with Gasteiger partial charge in [-0.1, -0.05) is 12.1 Å². The van der Waals surface area contributed by atoms with Gasteiger partial charge in [-0.2, -0.15) is 13.2 Å². The Bertz CT molecular complexity index is 600. The molecule has 1 aromatic carbocycles. The van der Waals surface area contributed by atoms with Gasteiger partial charge in [0, 0.05) is 25.2 Å². The lowest BCUT2D eigenvalue weighted by Crippen LogP contribution is -2.49. The van der Waals surface area contributed by atoms with Gasteiger partial charge in [-0.25, -0.2) is 0 Å². The fraction of sp³-hybridized carbons (Fsp3) is 0.588. The van der Waals surface area contributed by atoms with E-state index in [-0.39, 0.29) is 36.7 Å². The summed E-state index contributed by atoms with van der Waals surface area (Å²) >= 11 is 0. The number of benzene rings is 1. The molecule has 4 nitrogen and oxygen atoms in total. The molecule has 1 N–H and O–H groups in total. The highest BCUT2D eigenvalue weighted by Gasteiger charge is 2.37. The molecule has 1 aromatic rings. The van der Waals surface area contributed by atoms with Crippen LogP contribution in [0.25, 0.3) is 0 Å². The third-order valence-electron chi connectivity index (χ3n) is 4.93. The van der Waals surface area contributed by atoms with Gasteiger partial charge in [-0.3, -0.25) is 4.79 Å². The van der Waals surface area contributed by atoms with Crippen LogP contribution in [-0.4, -0.2) is 42.6 Å². The normalized spacial score (nSPS) is 25.2. The molecule has 2 heterocycles. The first-order chi connectivity index (χ1) is 11.3. The van der Waals surface area contributed by atoms with E-state index in [4.69, 9.17) is 4.74 Å². The van der Waals surface area contributed by atoms with Crippen LogP contribution < -0.4 is 10.1 Å². The van der Waals surface area contributed by atoms with Crippen LogP contribution in [0.4, 0.5) is 13.2 Å². The number of likely N-dealkylation sites (N-methyl/N-ethyl adjacent to an activating group) is 1. The molecule has 2 saturated heterocycles. The number of ether oxygens (including phenoxy) is 1. The van der Waals surface area contributed by atoms with Crippen molar-refractivity contribution >= 4 is 18.3 Å². The molecular formula is C17H22ClF3N2O2. The number of hydrogen-bond acceptors (Lipinski definition) is 3. The molecule has 0 saturated carbocycles. The van der Waals surface area contributed by atoms with E-state index in [0.717, 1.165) is 31.7 Å². The number of halogens is 4. The number of amides is 1. The summed E-state index contributed by atoms with van der Waals surface area (Å²) in [4.78, 5) is 13.9. The summed E-state index contributed by atoms with van der Waals surface area (Å²) in [5.74, 6) is -0.601. The summed E-state index contributed by atoms with van der Waals surface area (Å²) in [7, 11) is 1.71. The molecule has 2 atom stereocenters. The zero-order valence-corrected chi connectivity index (χ0v) is 14.7.